The summed E-state index contributed by atoms with van der Waals surface area (Å²) in [4.78, 5) is 49.8. The molecule has 0 saturated carbocycles. The Labute approximate surface area is 535 Å². The number of hydrogen-bond acceptors (Lipinski definition) is 23. The van der Waals surface area contributed by atoms with Crippen LogP contribution in [-0.2, 0) is 60.3 Å². The molecular formula is C51H28F12Ir3N23. The molecule has 0 bridgehead atoms. The van der Waals surface area contributed by atoms with Crippen LogP contribution in [0.1, 0.15) is 5.56 Å². The van der Waals surface area contributed by atoms with Gasteiger partial charge in [0, 0.05) is 17.2 Å². The topological polar surface area (TPSA) is 248 Å². The van der Waals surface area contributed by atoms with E-state index in [2.05, 4.69) is 116 Å². The third-order valence-electron chi connectivity index (χ3n) is 9.71. The molecule has 0 unspecified atom stereocenters. The van der Waals surface area contributed by atoms with Crippen molar-refractivity contribution in [2.45, 2.75) is 0 Å². The summed E-state index contributed by atoms with van der Waals surface area (Å²) >= 11 is 0. The number of benzene rings is 2. The second-order valence-electron chi connectivity index (χ2n) is 15.8. The first-order chi connectivity index (χ1) is 41.3. The number of nitriles is 1. The minimum atomic E-state index is -1.02. The third kappa shape index (κ3) is 20.5. The molecule has 0 atom stereocenters. The van der Waals surface area contributed by atoms with E-state index in [0.717, 1.165) is 42.5 Å². The number of anilines is 3. The molecule has 38 heteroatoms. The molecule has 0 fully saturated rings. The summed E-state index contributed by atoms with van der Waals surface area (Å²) in [7, 11) is 5.20. The fraction of sp³-hybridized carbons (Fsp3) is 0.0588. The van der Waals surface area contributed by atoms with Crippen molar-refractivity contribution in [1.29, 1.82) is 5.26 Å². The Morgan fingerprint density at radius 1 is 0.404 bits per heavy atom. The maximum absolute atomic E-state index is 13.6. The fourth-order valence-corrected chi connectivity index (χ4v) is 6.05. The minimum Gasteiger partial charge on any atom is -0.493 e. The third-order valence-corrected chi connectivity index (χ3v) is 9.71. The van der Waals surface area contributed by atoms with Gasteiger partial charge in [0.1, 0.15) is 67.7 Å². The fourth-order valence-electron chi connectivity index (χ4n) is 6.05. The van der Waals surface area contributed by atoms with E-state index >= 15 is 0 Å². The van der Waals surface area contributed by atoms with Gasteiger partial charge in [-0.3, -0.25) is 78.8 Å². The van der Waals surface area contributed by atoms with Gasteiger partial charge >= 0.3 is 60.3 Å². The van der Waals surface area contributed by atoms with Gasteiger partial charge in [-0.15, -0.1) is 68.5 Å². The zero-order valence-corrected chi connectivity index (χ0v) is 51.5. The summed E-state index contributed by atoms with van der Waals surface area (Å²) in [6.07, 6.45) is 11.7. The smallest absolute Gasteiger partial charge is 0.493 e. The van der Waals surface area contributed by atoms with E-state index in [1.165, 1.54) is 98.1 Å². The van der Waals surface area contributed by atoms with E-state index in [9.17, 15) is 52.7 Å². The SMILES string of the molecule is CN1C=NN(c2[c-]cc(F)nc2F)[CH-]1.CN1C=NN(c2[c-]cc(F)nc2F)[CH-]1.CN1C=NN(c2[c-]cc(F)nc2F)[CH-]1.Fc1c[c-]c(-c2ncncn2)c(F)c1.Fc1c[c-]c(-c2ncncn2)c(F)n1.N#Cc1c(F)c[c-]c(-c2ncncn2)c1F.[Ir+3].[Ir+3].[Ir+3]. The van der Waals surface area contributed by atoms with Crippen LogP contribution in [0.4, 0.5) is 69.7 Å². The average molecular weight is 1770 g/mol. The van der Waals surface area contributed by atoms with Gasteiger partial charge < -0.3 is 44.7 Å². The predicted octanol–water partition coefficient (Wildman–Crippen LogP) is 7.03. The molecule has 0 spiro atoms. The van der Waals surface area contributed by atoms with Gasteiger partial charge in [-0.1, -0.05) is 28.8 Å². The number of aromatic nitrogens is 13. The Balaban J connectivity index is 0.000000227. The van der Waals surface area contributed by atoms with Crippen molar-refractivity contribution in [2.75, 3.05) is 36.2 Å². The molecule has 0 aliphatic carbocycles. The quantitative estimate of drug-likeness (QED) is 0.0920. The van der Waals surface area contributed by atoms with Crippen molar-refractivity contribution in [3.8, 4) is 40.2 Å². The Kier molecular flexibility index (Phi) is 28.1. The Morgan fingerprint density at radius 2 is 0.730 bits per heavy atom. The summed E-state index contributed by atoms with van der Waals surface area (Å²) in [6, 6.07) is 22.2. The Hall–Kier alpha value is -9.52. The summed E-state index contributed by atoms with van der Waals surface area (Å²) in [5.74, 6) is -10.6. The van der Waals surface area contributed by atoms with Crippen molar-refractivity contribution >= 4 is 36.1 Å². The summed E-state index contributed by atoms with van der Waals surface area (Å²) < 4.78 is 154. The molecule has 0 saturated heterocycles. The maximum atomic E-state index is 13.6. The van der Waals surface area contributed by atoms with Crippen LogP contribution in [0, 0.1) is 139 Å². The molecule has 0 N–H and O–H groups in total. The van der Waals surface area contributed by atoms with Gasteiger partial charge in [0.05, 0.1) is 72.0 Å². The van der Waals surface area contributed by atoms with E-state index in [4.69, 9.17) is 5.26 Å². The average Bonchev–Trinajstić information content (AvgIpc) is 2.45. The zero-order chi connectivity index (χ0) is 61.9. The number of pyridine rings is 4. The van der Waals surface area contributed by atoms with Gasteiger partial charge in [0.25, 0.3) is 0 Å². The molecule has 10 heterocycles. The molecule has 12 rings (SSSR count). The number of hydrogen-bond donors (Lipinski definition) is 0. The maximum Gasteiger partial charge on any atom is 3.00 e. The van der Waals surface area contributed by atoms with Crippen LogP contribution in [0.5, 0.6) is 0 Å². The van der Waals surface area contributed by atoms with E-state index in [0.29, 0.717) is 0 Å². The first-order valence-electron chi connectivity index (χ1n) is 23.0. The molecule has 3 aliphatic rings. The van der Waals surface area contributed by atoms with Crippen LogP contribution in [-0.4, -0.2) is 120 Å². The standard InChI is InChI=1S/C10H3F2N4.C9H4F2N3.3C8H6F2N4.C8H3F2N4.3Ir/c11-8-2-1-6(9(12)7(8)3-13)10-15-4-14-5-16-10;10-6-1-2-7(8(11)3-6)9-13-4-12-5-14-9;3*1-13-4-11-14(5-13)6-2-3-7(9)12-8(6)10;9-6-2-1-5(7(10)14-6)8-12-3-11-4-13-8;;;/h2,4-5H;1,3-5H;3*3-5H,1H3;2-4H;;;/q2*-1;3*-2;-1;3*+3. The van der Waals surface area contributed by atoms with Gasteiger partial charge in [0.15, 0.2) is 0 Å². The molecule has 9 aromatic rings. The van der Waals surface area contributed by atoms with Crippen LogP contribution in [0.3, 0.4) is 0 Å². The van der Waals surface area contributed by atoms with E-state index < -0.39 is 76.4 Å². The van der Waals surface area contributed by atoms with Crippen LogP contribution in [0.2, 0.25) is 0 Å². The van der Waals surface area contributed by atoms with E-state index in [-0.39, 0.29) is 112 Å². The molecule has 23 nitrogen and oxygen atoms in total. The summed E-state index contributed by atoms with van der Waals surface area (Å²) in [5, 5.41) is 23.7. The second kappa shape index (κ2) is 34.7. The van der Waals surface area contributed by atoms with Crippen molar-refractivity contribution in [3.63, 3.8) is 0 Å². The van der Waals surface area contributed by atoms with Gasteiger partial charge in [-0.05, 0) is 38.2 Å². The molecule has 3 aliphatic heterocycles. The van der Waals surface area contributed by atoms with Crippen molar-refractivity contribution in [1.82, 2.24) is 79.5 Å². The molecule has 0 radical (unpaired) electrons. The second-order valence-corrected chi connectivity index (χ2v) is 15.8. The largest absolute Gasteiger partial charge is 3.00 e. The minimum absolute atomic E-state index is 0. The molecule has 458 valence electrons. The van der Waals surface area contributed by atoms with Crippen LogP contribution >= 0.6 is 0 Å². The van der Waals surface area contributed by atoms with Gasteiger partial charge in [0.2, 0.25) is 0 Å². The molecule has 0 amide bonds. The van der Waals surface area contributed by atoms with Crippen LogP contribution < -0.4 is 15.0 Å². The molecule has 7 aromatic heterocycles. The first-order valence-corrected chi connectivity index (χ1v) is 23.0. The Morgan fingerprint density at radius 3 is 1.06 bits per heavy atom. The van der Waals surface area contributed by atoms with Crippen molar-refractivity contribution in [2.24, 2.45) is 15.3 Å². The van der Waals surface area contributed by atoms with Crippen molar-refractivity contribution < 1.29 is 113 Å². The first kappa shape index (κ1) is 72.0. The van der Waals surface area contributed by atoms with Gasteiger partial charge in [-0.25, -0.2) is 23.7 Å². The monoisotopic (exact) mass is 1770 g/mol. The van der Waals surface area contributed by atoms with Crippen molar-refractivity contribution in [3.05, 3.63) is 213 Å². The molecule has 2 aromatic carbocycles. The summed E-state index contributed by atoms with van der Waals surface area (Å²) in [5.41, 5.74) is -0.886. The molecule has 89 heavy (non-hydrogen) atoms. The number of nitrogens with zero attached hydrogens (tertiary/aromatic N) is 23. The van der Waals surface area contributed by atoms with E-state index in [1.54, 1.807) is 35.8 Å². The normalized spacial score (nSPS) is 12.2. The number of rotatable bonds is 6. The molecular weight excluding hydrogens is 1740 g/mol. The summed E-state index contributed by atoms with van der Waals surface area (Å²) in [6.45, 7) is 4.57. The van der Waals surface area contributed by atoms with Crippen LogP contribution in [0.15, 0.2) is 95.7 Å². The Bertz CT molecular complexity index is 3640. The van der Waals surface area contributed by atoms with E-state index in [1.807, 2.05) is 0 Å². The van der Waals surface area contributed by atoms with Crippen LogP contribution in [0.25, 0.3) is 34.2 Å². The predicted molar refractivity (Wildman–Crippen MR) is 273 cm³/mol. The zero-order valence-electron chi connectivity index (χ0n) is 44.3. The van der Waals surface area contributed by atoms with Gasteiger partial charge in [-0.2, -0.15) is 38.8 Å². The number of hydrazone groups is 3. The number of halogens is 12.